The van der Waals surface area contributed by atoms with Crippen molar-refractivity contribution in [2.24, 2.45) is 22.2 Å². The van der Waals surface area contributed by atoms with Gasteiger partial charge in [0.15, 0.2) is 0 Å². The zero-order chi connectivity index (χ0) is 27.2. The van der Waals surface area contributed by atoms with E-state index in [0.717, 1.165) is 26.2 Å². The molecule has 0 bridgehead atoms. The van der Waals surface area contributed by atoms with E-state index in [4.69, 9.17) is 0 Å². The van der Waals surface area contributed by atoms with Gasteiger partial charge in [-0.2, -0.15) is 0 Å². The zero-order valence-corrected chi connectivity index (χ0v) is 24.2. The first kappa shape index (κ1) is 31.4. The van der Waals surface area contributed by atoms with E-state index in [2.05, 4.69) is 48.5 Å². The van der Waals surface area contributed by atoms with E-state index < -0.39 is 6.17 Å². The van der Waals surface area contributed by atoms with Crippen molar-refractivity contribution in [2.75, 3.05) is 39.3 Å². The Kier molecular flexibility index (Phi) is 11.2. The van der Waals surface area contributed by atoms with Crippen molar-refractivity contribution in [2.45, 2.75) is 101 Å². The van der Waals surface area contributed by atoms with Crippen LogP contribution in [-0.4, -0.2) is 77.9 Å². The van der Waals surface area contributed by atoms with Gasteiger partial charge in [0.25, 0.3) is 0 Å². The number of halogens is 1. The van der Waals surface area contributed by atoms with Crippen LogP contribution < -0.4 is 0 Å². The van der Waals surface area contributed by atoms with Crippen molar-refractivity contribution in [3.8, 4) is 0 Å². The molecule has 0 atom stereocenters. The van der Waals surface area contributed by atoms with Crippen molar-refractivity contribution >= 4 is 17.7 Å². The number of carbonyl (C=O) groups is 3. The molecule has 0 aromatic rings. The number of alkyl halides is 1. The molecule has 3 heterocycles. The Balaban J connectivity index is 0.000000263. The molecule has 0 saturated carbocycles. The minimum Gasteiger partial charge on any atom is -0.343 e. The van der Waals surface area contributed by atoms with E-state index in [-0.39, 0.29) is 22.2 Å². The zero-order valence-electron chi connectivity index (χ0n) is 24.2. The van der Waals surface area contributed by atoms with Gasteiger partial charge in [-0.05, 0) is 28.6 Å². The molecule has 3 aliphatic heterocycles. The molecule has 0 aromatic carbocycles. The molecule has 3 rings (SSSR count). The van der Waals surface area contributed by atoms with Gasteiger partial charge in [0, 0.05) is 45.4 Å². The van der Waals surface area contributed by atoms with Crippen LogP contribution >= 0.6 is 0 Å². The third kappa shape index (κ3) is 13.3. The molecule has 0 radical (unpaired) electrons. The third-order valence-corrected chi connectivity index (χ3v) is 5.86. The second kappa shape index (κ2) is 12.5. The summed E-state index contributed by atoms with van der Waals surface area (Å²) in [5.74, 6) is 1.44. The predicted octanol–water partition coefficient (Wildman–Crippen LogP) is 5.16. The molecule has 6 nitrogen and oxygen atoms in total. The summed E-state index contributed by atoms with van der Waals surface area (Å²) >= 11 is 0. The lowest BCUT2D eigenvalue weighted by Crippen LogP contribution is -2.52. The third-order valence-electron chi connectivity index (χ3n) is 5.86. The maximum Gasteiger partial charge on any atom is 0.223 e. The van der Waals surface area contributed by atoms with Gasteiger partial charge in [-0.3, -0.25) is 14.4 Å². The summed E-state index contributed by atoms with van der Waals surface area (Å²) in [5.41, 5.74) is 0.293. The first-order valence-electron chi connectivity index (χ1n) is 13.2. The molecule has 0 aromatic heterocycles. The van der Waals surface area contributed by atoms with Crippen molar-refractivity contribution in [1.82, 2.24) is 14.7 Å². The van der Waals surface area contributed by atoms with Crippen LogP contribution in [0, 0.1) is 22.2 Å². The Hall–Kier alpha value is -1.66. The lowest BCUT2D eigenvalue weighted by molar-refractivity contribution is -0.140. The smallest absolute Gasteiger partial charge is 0.223 e. The summed E-state index contributed by atoms with van der Waals surface area (Å²) in [7, 11) is 0. The first-order valence-corrected chi connectivity index (χ1v) is 13.2. The highest BCUT2D eigenvalue weighted by Gasteiger charge is 2.32. The molecule has 3 fully saturated rings. The predicted molar refractivity (Wildman–Crippen MR) is 141 cm³/mol. The van der Waals surface area contributed by atoms with E-state index in [1.807, 2.05) is 30.6 Å². The summed E-state index contributed by atoms with van der Waals surface area (Å²) in [6, 6.07) is 0. The van der Waals surface area contributed by atoms with Gasteiger partial charge in [0.1, 0.15) is 6.17 Å². The Morgan fingerprint density at radius 2 is 0.943 bits per heavy atom. The number of nitrogens with zero attached hydrogens (tertiary/aromatic N) is 3. The number of amides is 3. The number of rotatable bonds is 3. The van der Waals surface area contributed by atoms with Crippen LogP contribution in [0.3, 0.4) is 0 Å². The highest BCUT2D eigenvalue weighted by atomic mass is 19.1. The molecule has 0 aliphatic carbocycles. The Morgan fingerprint density at radius 1 is 0.629 bits per heavy atom. The van der Waals surface area contributed by atoms with Crippen molar-refractivity contribution in [3.05, 3.63) is 0 Å². The summed E-state index contributed by atoms with van der Waals surface area (Å²) in [5, 5.41) is 0. The molecule has 35 heavy (non-hydrogen) atoms. The van der Waals surface area contributed by atoms with Gasteiger partial charge < -0.3 is 14.7 Å². The SMILES string of the molecule is CC(C)(C)CC(=O)N1CC(F)C1.CC(C)(C)CC(=O)N1CCC1.CC1CN(C(=O)CC(C)(C)C)C1. The maximum atomic E-state index is 12.4. The molecular weight excluding hydrogens is 445 g/mol. The van der Waals surface area contributed by atoms with Gasteiger partial charge in [0.2, 0.25) is 17.7 Å². The molecule has 3 saturated heterocycles. The normalized spacial score (nSPS) is 18.8. The van der Waals surface area contributed by atoms with E-state index in [1.165, 1.54) is 6.42 Å². The summed E-state index contributed by atoms with van der Waals surface area (Å²) < 4.78 is 12.4. The van der Waals surface area contributed by atoms with Crippen LogP contribution in [0.1, 0.15) is 94.9 Å². The first-order chi connectivity index (χ1) is 15.8. The number of likely N-dealkylation sites (tertiary alicyclic amines) is 3. The standard InChI is InChI=1S/C10H19NO.C9H16FNO.C9H17NO/c1-8-6-11(7-8)9(12)5-10(2,3)4;1-9(2,3)4-8(12)11-5-7(10)6-11;1-9(2,3)7-8(11)10-5-4-6-10/h8H,5-7H2,1-4H3;7H,4-6H2,1-3H3;4-7H2,1-3H3. The minimum atomic E-state index is -0.783. The summed E-state index contributed by atoms with van der Waals surface area (Å²) in [6.45, 7) is 25.3. The van der Waals surface area contributed by atoms with E-state index >= 15 is 0 Å². The minimum absolute atomic E-state index is 0.0124. The second-order valence-electron chi connectivity index (χ2n) is 14.2. The highest BCUT2D eigenvalue weighted by molar-refractivity contribution is 5.78. The van der Waals surface area contributed by atoms with Crippen LogP contribution in [0.2, 0.25) is 0 Å². The Morgan fingerprint density at radius 3 is 1.17 bits per heavy atom. The molecule has 0 unspecified atom stereocenters. The van der Waals surface area contributed by atoms with Gasteiger partial charge in [-0.25, -0.2) is 4.39 Å². The number of hydrogen-bond acceptors (Lipinski definition) is 3. The van der Waals surface area contributed by atoms with Crippen LogP contribution in [0.4, 0.5) is 4.39 Å². The second-order valence-corrected chi connectivity index (χ2v) is 14.2. The summed E-state index contributed by atoms with van der Waals surface area (Å²) in [4.78, 5) is 39.7. The largest absolute Gasteiger partial charge is 0.343 e. The molecule has 3 aliphatic rings. The van der Waals surface area contributed by atoms with Crippen LogP contribution in [-0.2, 0) is 14.4 Å². The number of hydrogen-bond donors (Lipinski definition) is 0. The van der Waals surface area contributed by atoms with Crippen molar-refractivity contribution in [1.29, 1.82) is 0 Å². The molecular formula is C28H52FN3O3. The fourth-order valence-corrected chi connectivity index (χ4v) is 3.79. The van der Waals surface area contributed by atoms with Gasteiger partial charge in [-0.15, -0.1) is 0 Å². The van der Waals surface area contributed by atoms with Gasteiger partial charge in [-0.1, -0.05) is 69.2 Å². The monoisotopic (exact) mass is 497 g/mol. The molecule has 0 spiro atoms. The average molecular weight is 498 g/mol. The molecule has 0 N–H and O–H groups in total. The Labute approximate surface area is 214 Å². The fraction of sp³-hybridized carbons (Fsp3) is 0.893. The molecule has 7 heteroatoms. The lowest BCUT2D eigenvalue weighted by Gasteiger charge is -2.38. The van der Waals surface area contributed by atoms with Crippen LogP contribution in [0.15, 0.2) is 0 Å². The van der Waals surface area contributed by atoms with Gasteiger partial charge in [0.05, 0.1) is 13.1 Å². The number of carbonyl (C=O) groups excluding carboxylic acids is 3. The highest BCUT2D eigenvalue weighted by Crippen LogP contribution is 2.24. The lowest BCUT2D eigenvalue weighted by atomic mass is 9.90. The average Bonchev–Trinajstić information content (AvgIpc) is 2.50. The van der Waals surface area contributed by atoms with Gasteiger partial charge >= 0.3 is 0 Å². The van der Waals surface area contributed by atoms with Crippen molar-refractivity contribution in [3.63, 3.8) is 0 Å². The van der Waals surface area contributed by atoms with E-state index in [1.54, 1.807) is 4.90 Å². The van der Waals surface area contributed by atoms with Crippen LogP contribution in [0.5, 0.6) is 0 Å². The van der Waals surface area contributed by atoms with E-state index in [9.17, 15) is 18.8 Å². The quantitative estimate of drug-likeness (QED) is 0.541. The molecule has 3 amide bonds. The maximum absolute atomic E-state index is 12.4. The summed E-state index contributed by atoms with van der Waals surface area (Å²) in [6.07, 6.45) is 2.29. The van der Waals surface area contributed by atoms with Crippen molar-refractivity contribution < 1.29 is 18.8 Å². The molecule has 204 valence electrons. The topological polar surface area (TPSA) is 60.9 Å². The fourth-order valence-electron chi connectivity index (χ4n) is 3.79. The van der Waals surface area contributed by atoms with Crippen LogP contribution in [0.25, 0.3) is 0 Å². The Bertz CT molecular complexity index is 660. The van der Waals surface area contributed by atoms with E-state index in [0.29, 0.717) is 50.1 Å².